The van der Waals surface area contributed by atoms with Crippen LogP contribution in [0.25, 0.3) is 0 Å². The zero-order chi connectivity index (χ0) is 14.5. The molecule has 1 fully saturated rings. The Morgan fingerprint density at radius 2 is 2.10 bits per heavy atom. The lowest BCUT2D eigenvalue weighted by Gasteiger charge is -2.26. The Bertz CT molecular complexity index is 500. The molecule has 21 heavy (non-hydrogen) atoms. The molecule has 1 aliphatic heterocycles. The van der Waals surface area contributed by atoms with Crippen molar-refractivity contribution < 1.29 is 9.47 Å². The van der Waals surface area contributed by atoms with Gasteiger partial charge < -0.3 is 20.5 Å². The van der Waals surface area contributed by atoms with Crippen LogP contribution in [0, 0.1) is 5.92 Å². The van der Waals surface area contributed by atoms with Gasteiger partial charge in [0.15, 0.2) is 17.5 Å². The van der Waals surface area contributed by atoms with Crippen LogP contribution in [0.3, 0.4) is 0 Å². The lowest BCUT2D eigenvalue weighted by Crippen LogP contribution is -2.37. The number of fused-ring (bicyclic) bond motifs is 1. The number of guanidine groups is 1. The first-order valence-electron chi connectivity index (χ1n) is 7.73. The van der Waals surface area contributed by atoms with Crippen molar-refractivity contribution in [3.8, 4) is 11.5 Å². The summed E-state index contributed by atoms with van der Waals surface area (Å²) in [5.41, 5.74) is 5.86. The van der Waals surface area contributed by atoms with Crippen LogP contribution in [0.4, 0.5) is 0 Å². The SMILES string of the molecule is NC(=NCC1CCC1)NCCC1COc2ccccc2O1. The van der Waals surface area contributed by atoms with Crippen molar-refractivity contribution in [3.05, 3.63) is 24.3 Å². The number of hydrogen-bond donors (Lipinski definition) is 2. The number of ether oxygens (including phenoxy) is 2. The Hall–Kier alpha value is -1.91. The van der Waals surface area contributed by atoms with E-state index in [9.17, 15) is 0 Å². The summed E-state index contributed by atoms with van der Waals surface area (Å²) in [6.07, 6.45) is 4.83. The molecule has 1 atom stereocenters. The van der Waals surface area contributed by atoms with Crippen LogP contribution in [0.2, 0.25) is 0 Å². The molecular weight excluding hydrogens is 266 g/mol. The summed E-state index contributed by atoms with van der Waals surface area (Å²) in [5.74, 6) is 2.93. The quantitative estimate of drug-likeness (QED) is 0.642. The third kappa shape index (κ3) is 3.80. The van der Waals surface area contributed by atoms with Crippen LogP contribution in [-0.2, 0) is 0 Å². The van der Waals surface area contributed by atoms with E-state index >= 15 is 0 Å². The molecule has 5 nitrogen and oxygen atoms in total. The van der Waals surface area contributed by atoms with E-state index in [0.717, 1.165) is 36.9 Å². The van der Waals surface area contributed by atoms with Gasteiger partial charge in [0.2, 0.25) is 0 Å². The molecule has 1 aromatic carbocycles. The predicted molar refractivity (Wildman–Crippen MR) is 82.8 cm³/mol. The monoisotopic (exact) mass is 289 g/mol. The third-order valence-electron chi connectivity index (χ3n) is 4.08. The van der Waals surface area contributed by atoms with Gasteiger partial charge in [-0.15, -0.1) is 0 Å². The van der Waals surface area contributed by atoms with Gasteiger partial charge in [-0.3, -0.25) is 4.99 Å². The summed E-state index contributed by atoms with van der Waals surface area (Å²) in [7, 11) is 0. The van der Waals surface area contributed by atoms with Gasteiger partial charge in [0.25, 0.3) is 0 Å². The van der Waals surface area contributed by atoms with Gasteiger partial charge in [-0.1, -0.05) is 18.6 Å². The number of aliphatic imine (C=N–C) groups is 1. The minimum Gasteiger partial charge on any atom is -0.486 e. The molecule has 3 N–H and O–H groups in total. The van der Waals surface area contributed by atoms with Crippen molar-refractivity contribution in [2.24, 2.45) is 16.6 Å². The molecule has 0 radical (unpaired) electrons. The Morgan fingerprint density at radius 1 is 1.29 bits per heavy atom. The summed E-state index contributed by atoms with van der Waals surface area (Å²) in [6.45, 7) is 2.18. The zero-order valence-corrected chi connectivity index (χ0v) is 12.3. The summed E-state index contributed by atoms with van der Waals surface area (Å²) in [6, 6.07) is 7.76. The Labute approximate surface area is 125 Å². The molecule has 1 aliphatic carbocycles. The second-order valence-electron chi connectivity index (χ2n) is 5.74. The predicted octanol–water partition coefficient (Wildman–Crippen LogP) is 1.92. The largest absolute Gasteiger partial charge is 0.486 e. The van der Waals surface area contributed by atoms with Crippen LogP contribution in [0.15, 0.2) is 29.3 Å². The Kier molecular flexibility index (Phi) is 4.48. The van der Waals surface area contributed by atoms with E-state index in [1.807, 2.05) is 24.3 Å². The summed E-state index contributed by atoms with van der Waals surface area (Å²) in [4.78, 5) is 4.38. The minimum absolute atomic E-state index is 0.0619. The molecule has 0 spiro atoms. The van der Waals surface area contributed by atoms with E-state index in [1.54, 1.807) is 0 Å². The Balaban J connectivity index is 1.38. The molecule has 0 amide bonds. The molecule has 1 unspecified atom stereocenters. The third-order valence-corrected chi connectivity index (χ3v) is 4.08. The van der Waals surface area contributed by atoms with Crippen molar-refractivity contribution in [1.82, 2.24) is 5.32 Å². The molecule has 114 valence electrons. The van der Waals surface area contributed by atoms with E-state index in [-0.39, 0.29) is 6.10 Å². The number of rotatable bonds is 5. The van der Waals surface area contributed by atoms with Crippen molar-refractivity contribution in [3.63, 3.8) is 0 Å². The fraction of sp³-hybridized carbons (Fsp3) is 0.562. The number of nitrogens with two attached hydrogens (primary N) is 1. The van der Waals surface area contributed by atoms with Crippen LogP contribution in [0.5, 0.6) is 11.5 Å². The van der Waals surface area contributed by atoms with Gasteiger partial charge in [0.1, 0.15) is 12.7 Å². The molecule has 1 aromatic rings. The molecule has 5 heteroatoms. The molecule has 0 aromatic heterocycles. The first-order valence-corrected chi connectivity index (χ1v) is 7.73. The molecule has 2 aliphatic rings. The van der Waals surface area contributed by atoms with E-state index < -0.39 is 0 Å². The van der Waals surface area contributed by atoms with Crippen molar-refractivity contribution >= 4 is 5.96 Å². The highest BCUT2D eigenvalue weighted by Gasteiger charge is 2.20. The molecular formula is C16H23N3O2. The first-order chi connectivity index (χ1) is 10.3. The van der Waals surface area contributed by atoms with Crippen molar-refractivity contribution in [1.29, 1.82) is 0 Å². The molecule has 1 saturated carbocycles. The van der Waals surface area contributed by atoms with Crippen molar-refractivity contribution in [2.75, 3.05) is 19.7 Å². The van der Waals surface area contributed by atoms with E-state index in [0.29, 0.717) is 12.6 Å². The first kappa shape index (κ1) is 14.0. The number of nitrogens with zero attached hydrogens (tertiary/aromatic N) is 1. The number of para-hydroxylation sites is 2. The lowest BCUT2D eigenvalue weighted by molar-refractivity contribution is 0.0858. The van der Waals surface area contributed by atoms with E-state index in [2.05, 4.69) is 10.3 Å². The van der Waals surface area contributed by atoms with Gasteiger partial charge in [-0.2, -0.15) is 0 Å². The maximum Gasteiger partial charge on any atom is 0.188 e. The standard InChI is InChI=1S/C16H23N3O2/c17-16(19-10-12-4-3-5-12)18-9-8-13-11-20-14-6-1-2-7-15(14)21-13/h1-2,6-7,12-13H,3-5,8-11H2,(H3,17,18,19). The normalized spacial score (nSPS) is 21.7. The van der Waals surface area contributed by atoms with E-state index in [1.165, 1.54) is 19.3 Å². The second kappa shape index (κ2) is 6.70. The zero-order valence-electron chi connectivity index (χ0n) is 12.3. The maximum atomic E-state index is 5.89. The average molecular weight is 289 g/mol. The highest BCUT2D eigenvalue weighted by molar-refractivity contribution is 5.77. The fourth-order valence-corrected chi connectivity index (χ4v) is 2.53. The van der Waals surface area contributed by atoms with Gasteiger partial charge in [-0.05, 0) is 30.9 Å². The molecule has 1 heterocycles. The summed E-state index contributed by atoms with van der Waals surface area (Å²) in [5, 5.41) is 3.15. The van der Waals surface area contributed by atoms with Gasteiger partial charge in [0, 0.05) is 19.5 Å². The summed E-state index contributed by atoms with van der Waals surface area (Å²) >= 11 is 0. The van der Waals surface area contributed by atoms with E-state index in [4.69, 9.17) is 15.2 Å². The van der Waals surface area contributed by atoms with Gasteiger partial charge >= 0.3 is 0 Å². The average Bonchev–Trinajstić information content (AvgIpc) is 2.45. The number of benzene rings is 1. The van der Waals surface area contributed by atoms with Crippen LogP contribution in [-0.4, -0.2) is 31.8 Å². The maximum absolute atomic E-state index is 5.89. The Morgan fingerprint density at radius 3 is 2.86 bits per heavy atom. The van der Waals surface area contributed by atoms with Crippen LogP contribution < -0.4 is 20.5 Å². The van der Waals surface area contributed by atoms with Gasteiger partial charge in [-0.25, -0.2) is 0 Å². The molecule has 3 rings (SSSR count). The van der Waals surface area contributed by atoms with Crippen LogP contribution >= 0.6 is 0 Å². The van der Waals surface area contributed by atoms with Gasteiger partial charge in [0.05, 0.1) is 0 Å². The minimum atomic E-state index is 0.0619. The molecule has 0 saturated heterocycles. The highest BCUT2D eigenvalue weighted by atomic mass is 16.6. The number of hydrogen-bond acceptors (Lipinski definition) is 3. The molecule has 0 bridgehead atoms. The topological polar surface area (TPSA) is 68.9 Å². The van der Waals surface area contributed by atoms with Crippen LogP contribution in [0.1, 0.15) is 25.7 Å². The highest BCUT2D eigenvalue weighted by Crippen LogP contribution is 2.31. The number of nitrogens with one attached hydrogen (secondary N) is 1. The smallest absolute Gasteiger partial charge is 0.188 e. The second-order valence-corrected chi connectivity index (χ2v) is 5.74. The fourth-order valence-electron chi connectivity index (χ4n) is 2.53. The summed E-state index contributed by atoms with van der Waals surface area (Å²) < 4.78 is 11.6. The lowest BCUT2D eigenvalue weighted by atomic mass is 9.86. The van der Waals surface area contributed by atoms with Crippen molar-refractivity contribution in [2.45, 2.75) is 31.8 Å².